The minimum absolute atomic E-state index is 0.649. The van der Waals surface area contributed by atoms with Crippen LogP contribution in [0.3, 0.4) is 0 Å². The summed E-state index contributed by atoms with van der Waals surface area (Å²) in [6.07, 6.45) is 9.04. The Morgan fingerprint density at radius 3 is 2.26 bits per heavy atom. The van der Waals surface area contributed by atoms with Crippen LogP contribution in [0.25, 0.3) is 10.9 Å². The van der Waals surface area contributed by atoms with Crippen LogP contribution in [0.4, 0.5) is 0 Å². The molecule has 0 fully saturated rings. The molecule has 1 N–H and O–H groups in total. The lowest BCUT2D eigenvalue weighted by Gasteiger charge is -2.26. The number of rotatable bonds is 9. The summed E-state index contributed by atoms with van der Waals surface area (Å²) >= 11 is 0. The number of aromatic nitrogens is 1. The molecule has 0 unspecified atom stereocenters. The van der Waals surface area contributed by atoms with Crippen molar-refractivity contribution in [1.29, 1.82) is 5.41 Å². The first-order valence-electron chi connectivity index (χ1n) is 8.95. The largest absolute Gasteiger partial charge is 0.357 e. The maximum Gasteiger partial charge on any atom is 0.128 e. The van der Waals surface area contributed by atoms with Gasteiger partial charge in [-0.15, -0.1) is 0 Å². The van der Waals surface area contributed by atoms with Crippen molar-refractivity contribution in [3.8, 4) is 0 Å². The lowest BCUT2D eigenvalue weighted by molar-refractivity contribution is 0.389. The number of nitrogens with one attached hydrogen (secondary N) is 1. The number of pyridine rings is 1. The zero-order chi connectivity index (χ0) is 16.5. The van der Waals surface area contributed by atoms with E-state index >= 15 is 0 Å². The summed E-state index contributed by atoms with van der Waals surface area (Å²) in [7, 11) is 0. The van der Waals surface area contributed by atoms with Crippen molar-refractivity contribution in [3.05, 3.63) is 42.1 Å². The lowest BCUT2D eigenvalue weighted by atomic mass is 10.1. The van der Waals surface area contributed by atoms with Crippen LogP contribution in [0.15, 0.2) is 36.5 Å². The SMILES string of the molecule is CCCCCN(CCCCC)C(=N)c1ccnc2ccccc12. The van der Waals surface area contributed by atoms with Crippen LogP contribution in [0.1, 0.15) is 57.9 Å². The highest BCUT2D eigenvalue weighted by molar-refractivity contribution is 6.07. The number of hydrogen-bond acceptors (Lipinski definition) is 2. The van der Waals surface area contributed by atoms with Crippen molar-refractivity contribution in [2.75, 3.05) is 13.1 Å². The molecule has 23 heavy (non-hydrogen) atoms. The Morgan fingerprint density at radius 1 is 0.957 bits per heavy atom. The van der Waals surface area contributed by atoms with E-state index < -0.39 is 0 Å². The quantitative estimate of drug-likeness (QED) is 0.390. The third kappa shape index (κ3) is 4.78. The monoisotopic (exact) mass is 311 g/mol. The predicted octanol–water partition coefficient (Wildman–Crippen LogP) is 5.24. The zero-order valence-corrected chi connectivity index (χ0v) is 14.5. The van der Waals surface area contributed by atoms with Crippen molar-refractivity contribution in [2.45, 2.75) is 52.4 Å². The van der Waals surface area contributed by atoms with Gasteiger partial charge >= 0.3 is 0 Å². The third-order valence-electron chi connectivity index (χ3n) is 4.28. The molecule has 0 spiro atoms. The number of fused-ring (bicyclic) bond motifs is 1. The van der Waals surface area contributed by atoms with Gasteiger partial charge in [-0.25, -0.2) is 0 Å². The lowest BCUT2D eigenvalue weighted by Crippen LogP contribution is -2.33. The van der Waals surface area contributed by atoms with Crippen LogP contribution >= 0.6 is 0 Å². The van der Waals surface area contributed by atoms with E-state index in [0.29, 0.717) is 5.84 Å². The number of benzene rings is 1. The van der Waals surface area contributed by atoms with E-state index in [-0.39, 0.29) is 0 Å². The predicted molar refractivity (Wildman–Crippen MR) is 99.2 cm³/mol. The molecule has 0 aliphatic rings. The molecule has 0 aliphatic heterocycles. The minimum Gasteiger partial charge on any atom is -0.357 e. The number of hydrogen-bond donors (Lipinski definition) is 1. The van der Waals surface area contributed by atoms with Gasteiger partial charge in [-0.3, -0.25) is 10.4 Å². The summed E-state index contributed by atoms with van der Waals surface area (Å²) in [6, 6.07) is 10.1. The zero-order valence-electron chi connectivity index (χ0n) is 14.5. The molecular weight excluding hydrogens is 282 g/mol. The summed E-state index contributed by atoms with van der Waals surface area (Å²) in [5, 5.41) is 9.82. The standard InChI is InChI=1S/C20H29N3/c1-3-5-9-15-23(16-10-6-4-2)20(21)18-13-14-22-19-12-8-7-11-17(18)19/h7-8,11-14,21H,3-6,9-10,15-16H2,1-2H3. The first kappa shape index (κ1) is 17.5. The summed E-state index contributed by atoms with van der Waals surface area (Å²) < 4.78 is 0. The first-order chi connectivity index (χ1) is 11.3. The second-order valence-electron chi connectivity index (χ2n) is 6.13. The first-order valence-corrected chi connectivity index (χ1v) is 8.95. The molecule has 0 aliphatic carbocycles. The van der Waals surface area contributed by atoms with Crippen molar-refractivity contribution in [2.24, 2.45) is 0 Å². The average molecular weight is 311 g/mol. The molecule has 1 aromatic heterocycles. The van der Waals surface area contributed by atoms with Crippen LogP contribution in [0.2, 0.25) is 0 Å². The highest BCUT2D eigenvalue weighted by Gasteiger charge is 2.14. The van der Waals surface area contributed by atoms with Gasteiger partial charge in [0.1, 0.15) is 5.84 Å². The molecule has 0 atom stereocenters. The number of nitrogens with zero attached hydrogens (tertiary/aromatic N) is 2. The molecule has 0 amide bonds. The molecule has 2 rings (SSSR count). The van der Waals surface area contributed by atoms with Gasteiger partial charge in [-0.2, -0.15) is 0 Å². The van der Waals surface area contributed by atoms with Gasteiger partial charge in [0.25, 0.3) is 0 Å². The van der Waals surface area contributed by atoms with E-state index in [1.54, 1.807) is 0 Å². The fraction of sp³-hybridized carbons (Fsp3) is 0.500. The average Bonchev–Trinajstić information content (AvgIpc) is 2.59. The van der Waals surface area contributed by atoms with Crippen LogP contribution in [-0.2, 0) is 0 Å². The third-order valence-corrected chi connectivity index (χ3v) is 4.28. The molecule has 0 bridgehead atoms. The summed E-state index contributed by atoms with van der Waals surface area (Å²) in [5.74, 6) is 0.649. The Kier molecular flexibility index (Phi) is 7.05. The molecule has 3 nitrogen and oxygen atoms in total. The molecular formula is C20H29N3. The van der Waals surface area contributed by atoms with Gasteiger partial charge in [0.2, 0.25) is 0 Å². The maximum absolute atomic E-state index is 8.74. The number of para-hydroxylation sites is 1. The Hall–Kier alpha value is -1.90. The summed E-state index contributed by atoms with van der Waals surface area (Å²) in [4.78, 5) is 6.68. The van der Waals surface area contributed by atoms with E-state index in [1.807, 2.05) is 30.5 Å². The van der Waals surface area contributed by atoms with Gasteiger partial charge in [-0.05, 0) is 25.0 Å². The highest BCUT2D eigenvalue weighted by atomic mass is 15.2. The van der Waals surface area contributed by atoms with Gasteiger partial charge in [-0.1, -0.05) is 57.7 Å². The Labute approximate surface area is 140 Å². The second kappa shape index (κ2) is 9.29. The van der Waals surface area contributed by atoms with Crippen molar-refractivity contribution in [1.82, 2.24) is 9.88 Å². The molecule has 0 saturated carbocycles. The molecule has 0 radical (unpaired) electrons. The molecule has 1 aromatic carbocycles. The van der Waals surface area contributed by atoms with E-state index in [2.05, 4.69) is 29.8 Å². The molecule has 2 aromatic rings. The Morgan fingerprint density at radius 2 is 1.61 bits per heavy atom. The van der Waals surface area contributed by atoms with E-state index in [4.69, 9.17) is 5.41 Å². The molecule has 1 heterocycles. The van der Waals surface area contributed by atoms with Gasteiger partial charge < -0.3 is 4.90 Å². The molecule has 3 heteroatoms. The van der Waals surface area contributed by atoms with Crippen LogP contribution < -0.4 is 0 Å². The fourth-order valence-electron chi connectivity index (χ4n) is 2.91. The van der Waals surface area contributed by atoms with Crippen LogP contribution in [0, 0.1) is 5.41 Å². The van der Waals surface area contributed by atoms with Crippen molar-refractivity contribution >= 4 is 16.7 Å². The minimum atomic E-state index is 0.649. The summed E-state index contributed by atoms with van der Waals surface area (Å²) in [6.45, 7) is 6.41. The normalized spacial score (nSPS) is 10.9. The highest BCUT2D eigenvalue weighted by Crippen LogP contribution is 2.18. The Balaban J connectivity index is 2.19. The van der Waals surface area contributed by atoms with Gasteiger partial charge in [0.05, 0.1) is 5.52 Å². The Bertz CT molecular complexity index is 606. The van der Waals surface area contributed by atoms with E-state index in [1.165, 1.54) is 25.7 Å². The topological polar surface area (TPSA) is 40.0 Å². The number of unbranched alkanes of at least 4 members (excludes halogenated alkanes) is 4. The second-order valence-corrected chi connectivity index (χ2v) is 6.13. The van der Waals surface area contributed by atoms with Gasteiger partial charge in [0.15, 0.2) is 0 Å². The van der Waals surface area contributed by atoms with Crippen LogP contribution in [0.5, 0.6) is 0 Å². The van der Waals surface area contributed by atoms with E-state index in [0.717, 1.165) is 42.4 Å². The molecule has 124 valence electrons. The maximum atomic E-state index is 8.74. The number of amidine groups is 1. The van der Waals surface area contributed by atoms with E-state index in [9.17, 15) is 0 Å². The smallest absolute Gasteiger partial charge is 0.128 e. The van der Waals surface area contributed by atoms with Gasteiger partial charge in [0, 0.05) is 30.2 Å². The fourth-order valence-corrected chi connectivity index (χ4v) is 2.91. The molecule has 0 saturated heterocycles. The van der Waals surface area contributed by atoms with Crippen molar-refractivity contribution < 1.29 is 0 Å². The van der Waals surface area contributed by atoms with Crippen LogP contribution in [-0.4, -0.2) is 28.8 Å². The van der Waals surface area contributed by atoms with Crippen molar-refractivity contribution in [3.63, 3.8) is 0 Å². The summed E-state index contributed by atoms with van der Waals surface area (Å²) in [5.41, 5.74) is 1.97.